The molecule has 0 aliphatic carbocycles. The van der Waals surface area contributed by atoms with Crippen LogP contribution >= 0.6 is 0 Å². The number of esters is 1. The van der Waals surface area contributed by atoms with Crippen molar-refractivity contribution in [2.45, 2.75) is 168 Å². The van der Waals surface area contributed by atoms with E-state index in [4.69, 9.17) is 34.0 Å². The van der Waals surface area contributed by atoms with Gasteiger partial charge in [-0.1, -0.05) is 39.7 Å². The van der Waals surface area contributed by atoms with Gasteiger partial charge in [-0.15, -0.1) is 0 Å². The lowest BCUT2D eigenvalue weighted by Crippen LogP contribution is -2.56. The van der Waals surface area contributed by atoms with Crippen LogP contribution in [0.15, 0.2) is 16.4 Å². The fraction of sp³-hybridized carbons (Fsp3) is 0.897. The molecule has 2 fully saturated rings. The Balaban J connectivity index is 1.97. The van der Waals surface area contributed by atoms with Gasteiger partial charge < -0.3 is 43.3 Å². The van der Waals surface area contributed by atoms with Gasteiger partial charge in [-0.3, -0.25) is 0 Å². The van der Waals surface area contributed by atoms with Crippen LogP contribution < -0.4 is 0 Å². The smallest absolute Gasteiger partial charge is 0.410 e. The molecule has 53 heavy (non-hydrogen) atoms. The number of hydrogen-bond donors (Lipinski definition) is 1. The maximum absolute atomic E-state index is 13.3. The maximum atomic E-state index is 13.3. The molecule has 304 valence electrons. The van der Waals surface area contributed by atoms with Crippen LogP contribution in [0.5, 0.6) is 0 Å². The van der Waals surface area contributed by atoms with Gasteiger partial charge in [0, 0.05) is 56.8 Å². The summed E-state index contributed by atoms with van der Waals surface area (Å²) in [4.78, 5) is 33.2. The summed E-state index contributed by atoms with van der Waals surface area (Å²) in [6.07, 6.45) is 1.38. The summed E-state index contributed by atoms with van der Waals surface area (Å²) in [6, 6.07) is -0.149. The monoisotopic (exact) mass is 752 g/mol. The Morgan fingerprint density at radius 2 is 1.79 bits per heavy atom. The molecule has 3 rings (SSSR count). The van der Waals surface area contributed by atoms with Crippen molar-refractivity contribution >= 4 is 12.1 Å². The molecular weight excluding hydrogens is 682 g/mol. The van der Waals surface area contributed by atoms with Crippen molar-refractivity contribution in [1.82, 2.24) is 9.80 Å². The lowest BCUT2D eigenvalue weighted by molar-refractivity contribution is -0.285. The van der Waals surface area contributed by atoms with Gasteiger partial charge in [0.05, 0.1) is 35.5 Å². The van der Waals surface area contributed by atoms with E-state index in [1.165, 1.54) is 0 Å². The third-order valence-corrected chi connectivity index (χ3v) is 11.8. The Bertz CT molecular complexity index is 1340. The Labute approximate surface area is 317 Å². The fourth-order valence-electron chi connectivity index (χ4n) is 9.12. The van der Waals surface area contributed by atoms with Crippen molar-refractivity contribution in [3.63, 3.8) is 0 Å². The minimum absolute atomic E-state index is 0.0277. The first-order valence-electron chi connectivity index (χ1n) is 19.5. The highest BCUT2D eigenvalue weighted by Gasteiger charge is 2.56. The molecule has 0 aromatic carbocycles. The van der Waals surface area contributed by atoms with Gasteiger partial charge in [-0.05, 0) is 97.7 Å². The predicted octanol–water partition coefficient (Wildman–Crippen LogP) is 7.19. The largest absolute Gasteiger partial charge is 0.456 e. The van der Waals surface area contributed by atoms with E-state index in [-0.39, 0.29) is 35.9 Å². The van der Waals surface area contributed by atoms with Crippen LogP contribution in [-0.4, -0.2) is 115 Å². The molecule has 1 N–H and O–H groups in total. The van der Waals surface area contributed by atoms with Gasteiger partial charge in [0.2, 0.25) is 5.79 Å². The molecule has 0 saturated carbocycles. The third kappa shape index (κ3) is 10.4. The van der Waals surface area contributed by atoms with E-state index in [2.05, 4.69) is 56.7 Å². The fourth-order valence-corrected chi connectivity index (χ4v) is 9.12. The average Bonchev–Trinajstić information content (AvgIpc) is 3.34. The lowest BCUT2D eigenvalue weighted by atomic mass is 9.75. The van der Waals surface area contributed by atoms with Crippen molar-refractivity contribution < 1.29 is 43.1 Å². The van der Waals surface area contributed by atoms with Crippen molar-refractivity contribution in [2.24, 2.45) is 28.8 Å². The zero-order valence-corrected chi connectivity index (χ0v) is 34.9. The Morgan fingerprint density at radius 1 is 1.13 bits per heavy atom. The number of amides is 1. The predicted molar refractivity (Wildman–Crippen MR) is 201 cm³/mol. The first kappa shape index (κ1) is 44.8. The average molecular weight is 752 g/mol. The van der Waals surface area contributed by atoms with E-state index < -0.39 is 53.5 Å². The second-order valence-corrected chi connectivity index (χ2v) is 17.0. The van der Waals surface area contributed by atoms with Gasteiger partial charge in [-0.25, -0.2) is 9.59 Å². The second-order valence-electron chi connectivity index (χ2n) is 17.0. The van der Waals surface area contributed by atoms with Crippen molar-refractivity contribution in [3.05, 3.63) is 21.8 Å². The lowest BCUT2D eigenvalue weighted by Gasteiger charge is -2.48. The molecule has 0 aromatic heterocycles. The SMILES string of the molecule is CC[C@@H](O)[C@@]1(C)OC(=O)N(CCCCN=[N+]=[N-])[C@@H]1[C@@H](C)CC(C)C[C@@](C)(OC)[C@H](O[C@@H]1O[C@H](C)CC(N(C)C)[C@H]1C)[C@@H](C)C1=C(C)C(=O)OC(C)(C)O1. The first-order valence-corrected chi connectivity index (χ1v) is 19.5. The van der Waals surface area contributed by atoms with E-state index in [9.17, 15) is 14.7 Å². The van der Waals surface area contributed by atoms with Gasteiger partial charge in [0.1, 0.15) is 5.76 Å². The molecule has 0 spiro atoms. The molecule has 1 amide bonds. The van der Waals surface area contributed by atoms with Crippen LogP contribution in [0, 0.1) is 23.7 Å². The number of aliphatic hydroxyl groups excluding tert-OH is 1. The molecule has 12 atom stereocenters. The molecule has 2 unspecified atom stereocenters. The standard InChI is InChI=1S/C39H69N5O9/c1-15-30(45)39(11)32(44(36(47)53-39)19-17-16-18-41-42-40)24(3)20-23(2)22-38(10,48-14)33(27(6)31-28(7)34(46)52-37(8,9)51-31)50-35-26(5)29(43(12)13)21-25(4)49-35/h23-27,29-30,32-33,35,45H,15-22H2,1-14H3/t23?,24-,25+,26+,27-,29?,30+,32+,33+,35-,38+,39+/m0/s1. The summed E-state index contributed by atoms with van der Waals surface area (Å²) in [5, 5.41) is 14.8. The van der Waals surface area contributed by atoms with E-state index in [0.29, 0.717) is 56.5 Å². The molecule has 2 saturated heterocycles. The number of cyclic esters (lactones) is 2. The van der Waals surface area contributed by atoms with E-state index in [1.807, 2.05) is 27.7 Å². The van der Waals surface area contributed by atoms with Crippen LogP contribution in [0.1, 0.15) is 115 Å². The highest BCUT2D eigenvalue weighted by molar-refractivity contribution is 5.89. The molecule has 14 nitrogen and oxygen atoms in total. The molecular formula is C39H69N5O9. The summed E-state index contributed by atoms with van der Waals surface area (Å²) in [6.45, 7) is 22.2. The zero-order chi connectivity index (χ0) is 40.1. The topological polar surface area (TPSA) is 165 Å². The molecule has 3 heterocycles. The van der Waals surface area contributed by atoms with Crippen molar-refractivity contribution in [3.8, 4) is 0 Å². The highest BCUT2D eigenvalue weighted by Crippen LogP contribution is 2.44. The van der Waals surface area contributed by atoms with Gasteiger partial charge in [0.25, 0.3) is 0 Å². The summed E-state index contributed by atoms with van der Waals surface area (Å²) in [5.41, 5.74) is 7.09. The number of ether oxygens (including phenoxy) is 6. The zero-order valence-electron chi connectivity index (χ0n) is 34.9. The first-order chi connectivity index (χ1) is 24.7. The van der Waals surface area contributed by atoms with Crippen LogP contribution in [0.25, 0.3) is 10.4 Å². The Morgan fingerprint density at radius 3 is 2.38 bits per heavy atom. The molecule has 3 aliphatic rings. The van der Waals surface area contributed by atoms with E-state index in [0.717, 1.165) is 6.42 Å². The number of unbranched alkanes of at least 4 members (excludes halogenated alkanes) is 1. The highest BCUT2D eigenvalue weighted by atomic mass is 16.7. The Hall–Kier alpha value is -2.61. The van der Waals surface area contributed by atoms with Crippen LogP contribution in [0.2, 0.25) is 0 Å². The normalized spacial score (nSPS) is 31.5. The number of rotatable bonds is 19. The van der Waals surface area contributed by atoms with Crippen LogP contribution in [-0.2, 0) is 33.2 Å². The molecule has 0 radical (unpaired) electrons. The minimum atomic E-state index is -1.15. The number of carbonyl (C=O) groups excluding carboxylic acids is 2. The van der Waals surface area contributed by atoms with Gasteiger partial charge in [0.15, 0.2) is 11.9 Å². The number of hydrogen-bond acceptors (Lipinski definition) is 11. The van der Waals surface area contributed by atoms with Crippen LogP contribution in [0.3, 0.4) is 0 Å². The molecule has 14 heteroatoms. The number of azide groups is 1. The Kier molecular flexibility index (Phi) is 15.5. The number of carbonyl (C=O) groups is 2. The number of nitrogens with zero attached hydrogens (tertiary/aromatic N) is 5. The summed E-state index contributed by atoms with van der Waals surface area (Å²) in [7, 11) is 5.84. The summed E-state index contributed by atoms with van der Waals surface area (Å²) < 4.78 is 37.9. The molecule has 0 aromatic rings. The van der Waals surface area contributed by atoms with Gasteiger partial charge >= 0.3 is 12.1 Å². The minimum Gasteiger partial charge on any atom is -0.456 e. The second kappa shape index (κ2) is 18.3. The molecule has 0 bridgehead atoms. The van der Waals surface area contributed by atoms with E-state index in [1.54, 1.807) is 32.8 Å². The quantitative estimate of drug-likeness (QED) is 0.0470. The molecule has 3 aliphatic heterocycles. The third-order valence-electron chi connectivity index (χ3n) is 11.8. The summed E-state index contributed by atoms with van der Waals surface area (Å²) in [5.74, 6) is -1.47. The van der Waals surface area contributed by atoms with Crippen LogP contribution in [0.4, 0.5) is 4.79 Å². The van der Waals surface area contributed by atoms with Gasteiger partial charge in [-0.2, -0.15) is 0 Å². The number of aliphatic hydroxyl groups is 1. The maximum Gasteiger partial charge on any atom is 0.410 e. The van der Waals surface area contributed by atoms with E-state index >= 15 is 0 Å². The number of methoxy groups -OCH3 is 1. The van der Waals surface area contributed by atoms with Crippen molar-refractivity contribution in [1.29, 1.82) is 0 Å². The van der Waals surface area contributed by atoms with Crippen molar-refractivity contribution in [2.75, 3.05) is 34.3 Å². The summed E-state index contributed by atoms with van der Waals surface area (Å²) >= 11 is 0.